The zero-order valence-electron chi connectivity index (χ0n) is 53.4. The van der Waals surface area contributed by atoms with E-state index in [0.717, 1.165) is 77.0 Å². The Kier molecular flexibility index (Phi) is 66.1. The van der Waals surface area contributed by atoms with Crippen LogP contribution < -0.4 is 0 Å². The van der Waals surface area contributed by atoms with Crippen molar-refractivity contribution in [3.8, 4) is 0 Å². The van der Waals surface area contributed by atoms with Crippen LogP contribution in [0.5, 0.6) is 0 Å². The summed E-state index contributed by atoms with van der Waals surface area (Å²) in [6, 6.07) is 0. The van der Waals surface area contributed by atoms with Crippen molar-refractivity contribution in [3.05, 3.63) is 36.5 Å². The number of carbonyl (C=O) groups excluding carboxylic acids is 3. The van der Waals surface area contributed by atoms with Crippen molar-refractivity contribution >= 4 is 17.9 Å². The zero-order valence-corrected chi connectivity index (χ0v) is 53.4. The van der Waals surface area contributed by atoms with Gasteiger partial charge in [0.2, 0.25) is 0 Å². The molecule has 0 bridgehead atoms. The summed E-state index contributed by atoms with van der Waals surface area (Å²) >= 11 is 0. The highest BCUT2D eigenvalue weighted by Crippen LogP contribution is 2.19. The molecular formula is C73H136O6. The SMILES string of the molecule is CCCCCCC/C=C\C/C=C\C/C=C\CCCCCCCCC(=O)OC(COC(=O)CCCCCCCCCCCCCCC)COC(=O)CCCCCCCCCCCCCCCCCCCCCCCCCCCCC. The lowest BCUT2D eigenvalue weighted by Crippen LogP contribution is -2.30. The monoisotopic (exact) mass is 1110 g/mol. The molecule has 0 heterocycles. The summed E-state index contributed by atoms with van der Waals surface area (Å²) in [5, 5.41) is 0. The first-order valence-corrected chi connectivity index (χ1v) is 35.5. The first kappa shape index (κ1) is 76.6. The number of ether oxygens (including phenoxy) is 3. The maximum atomic E-state index is 12.9. The summed E-state index contributed by atoms with van der Waals surface area (Å²) in [6.45, 7) is 6.69. The Morgan fingerprint density at radius 1 is 0.253 bits per heavy atom. The van der Waals surface area contributed by atoms with E-state index in [2.05, 4.69) is 57.2 Å². The van der Waals surface area contributed by atoms with Gasteiger partial charge in [0.25, 0.3) is 0 Å². The molecule has 464 valence electrons. The number of esters is 3. The van der Waals surface area contributed by atoms with Gasteiger partial charge in [-0.1, -0.05) is 353 Å². The molecule has 6 nitrogen and oxygen atoms in total. The van der Waals surface area contributed by atoms with Crippen LogP contribution in [-0.2, 0) is 28.6 Å². The van der Waals surface area contributed by atoms with E-state index in [9.17, 15) is 14.4 Å². The minimum absolute atomic E-state index is 0.0719. The van der Waals surface area contributed by atoms with Gasteiger partial charge in [0.05, 0.1) is 0 Å². The highest BCUT2D eigenvalue weighted by Gasteiger charge is 2.19. The van der Waals surface area contributed by atoms with Crippen LogP contribution in [0.4, 0.5) is 0 Å². The molecule has 0 amide bonds. The first-order chi connectivity index (χ1) is 39.0. The van der Waals surface area contributed by atoms with Gasteiger partial charge in [-0.05, 0) is 57.8 Å². The number of rotatable bonds is 66. The third-order valence-electron chi connectivity index (χ3n) is 16.1. The van der Waals surface area contributed by atoms with Crippen LogP contribution in [-0.4, -0.2) is 37.2 Å². The molecule has 1 unspecified atom stereocenters. The van der Waals surface area contributed by atoms with Gasteiger partial charge in [-0.3, -0.25) is 14.4 Å². The lowest BCUT2D eigenvalue weighted by atomic mass is 10.0. The molecule has 0 saturated heterocycles. The summed E-state index contributed by atoms with van der Waals surface area (Å²) in [5.41, 5.74) is 0. The van der Waals surface area contributed by atoms with Crippen molar-refractivity contribution in [2.75, 3.05) is 13.2 Å². The smallest absolute Gasteiger partial charge is 0.306 e. The molecule has 6 heteroatoms. The maximum Gasteiger partial charge on any atom is 0.306 e. The van der Waals surface area contributed by atoms with Gasteiger partial charge in [-0.2, -0.15) is 0 Å². The molecule has 0 radical (unpaired) electrons. The molecule has 0 aromatic carbocycles. The number of hydrogen-bond acceptors (Lipinski definition) is 6. The van der Waals surface area contributed by atoms with Crippen molar-refractivity contribution in [2.24, 2.45) is 0 Å². The fraction of sp³-hybridized carbons (Fsp3) is 0.877. The molecule has 0 aliphatic carbocycles. The van der Waals surface area contributed by atoms with Crippen molar-refractivity contribution in [1.82, 2.24) is 0 Å². The molecule has 0 fully saturated rings. The van der Waals surface area contributed by atoms with Crippen LogP contribution >= 0.6 is 0 Å². The Balaban J connectivity index is 4.23. The molecule has 0 aliphatic rings. The van der Waals surface area contributed by atoms with Gasteiger partial charge in [-0.15, -0.1) is 0 Å². The van der Waals surface area contributed by atoms with Crippen LogP contribution in [0.25, 0.3) is 0 Å². The van der Waals surface area contributed by atoms with Gasteiger partial charge in [-0.25, -0.2) is 0 Å². The van der Waals surface area contributed by atoms with E-state index in [1.807, 2.05) is 0 Å². The van der Waals surface area contributed by atoms with Gasteiger partial charge < -0.3 is 14.2 Å². The Hall–Kier alpha value is -2.37. The fourth-order valence-electron chi connectivity index (χ4n) is 10.8. The predicted molar refractivity (Wildman–Crippen MR) is 344 cm³/mol. The minimum Gasteiger partial charge on any atom is -0.462 e. The molecule has 0 aliphatic heterocycles. The summed E-state index contributed by atoms with van der Waals surface area (Å²) in [6.07, 6.45) is 84.6. The third kappa shape index (κ3) is 66.3. The lowest BCUT2D eigenvalue weighted by molar-refractivity contribution is -0.167. The molecule has 0 saturated carbocycles. The quantitative estimate of drug-likeness (QED) is 0.0261. The highest BCUT2D eigenvalue weighted by molar-refractivity contribution is 5.71. The summed E-state index contributed by atoms with van der Waals surface area (Å²) < 4.78 is 17.0. The van der Waals surface area contributed by atoms with Crippen LogP contribution in [0.15, 0.2) is 36.5 Å². The van der Waals surface area contributed by atoms with Gasteiger partial charge in [0.15, 0.2) is 6.10 Å². The maximum absolute atomic E-state index is 12.9. The van der Waals surface area contributed by atoms with E-state index < -0.39 is 6.10 Å². The van der Waals surface area contributed by atoms with E-state index in [0.29, 0.717) is 19.3 Å². The minimum atomic E-state index is -0.777. The third-order valence-corrected chi connectivity index (χ3v) is 16.1. The Morgan fingerprint density at radius 2 is 0.456 bits per heavy atom. The largest absolute Gasteiger partial charge is 0.462 e. The van der Waals surface area contributed by atoms with Crippen LogP contribution in [0.1, 0.15) is 393 Å². The average Bonchev–Trinajstić information content (AvgIpc) is 3.45. The Bertz CT molecular complexity index is 1320. The molecule has 0 rings (SSSR count). The topological polar surface area (TPSA) is 78.9 Å². The van der Waals surface area contributed by atoms with E-state index in [-0.39, 0.29) is 31.1 Å². The molecule has 0 aromatic heterocycles. The Morgan fingerprint density at radius 3 is 0.709 bits per heavy atom. The molecule has 0 N–H and O–H groups in total. The molecule has 1 atom stereocenters. The van der Waals surface area contributed by atoms with Crippen molar-refractivity contribution < 1.29 is 28.6 Å². The fourth-order valence-corrected chi connectivity index (χ4v) is 10.8. The molecule has 0 spiro atoms. The van der Waals surface area contributed by atoms with E-state index in [4.69, 9.17) is 14.2 Å². The van der Waals surface area contributed by atoms with Gasteiger partial charge in [0, 0.05) is 19.3 Å². The summed E-state index contributed by atoms with van der Waals surface area (Å²) in [5.74, 6) is -0.856. The number of unbranched alkanes of at least 4 members (excludes halogenated alkanes) is 49. The molecule has 79 heavy (non-hydrogen) atoms. The number of allylic oxidation sites excluding steroid dienone is 6. The standard InChI is InChI=1S/C73H136O6/c1-4-7-10-13-16-19-22-25-27-29-31-33-34-35-36-37-38-40-41-43-45-48-51-54-57-60-63-66-72(75)78-69-70(68-77-71(74)65-62-59-56-53-50-47-24-21-18-15-12-9-6-3)79-73(76)67-64-61-58-55-52-49-46-44-42-39-32-30-28-26-23-20-17-14-11-8-5-2/h23,26,30,32,42,44,70H,4-22,24-25,27-29,31,33-41,43,45-69H2,1-3H3/b26-23-,32-30-,44-42-. The predicted octanol–water partition coefficient (Wildman–Crippen LogP) is 24.3. The van der Waals surface area contributed by atoms with Crippen LogP contribution in [0, 0.1) is 0 Å². The second-order valence-corrected chi connectivity index (χ2v) is 24.2. The van der Waals surface area contributed by atoms with E-state index >= 15 is 0 Å². The number of hydrogen-bond donors (Lipinski definition) is 0. The Labute approximate surface area is 493 Å². The van der Waals surface area contributed by atoms with Crippen molar-refractivity contribution in [3.63, 3.8) is 0 Å². The highest BCUT2D eigenvalue weighted by atomic mass is 16.6. The second kappa shape index (κ2) is 68.1. The first-order valence-electron chi connectivity index (χ1n) is 35.5. The van der Waals surface area contributed by atoms with E-state index in [1.165, 1.54) is 276 Å². The summed E-state index contributed by atoms with van der Waals surface area (Å²) in [4.78, 5) is 38.4. The molecular weight excluding hydrogens is 973 g/mol. The lowest BCUT2D eigenvalue weighted by Gasteiger charge is -2.18. The van der Waals surface area contributed by atoms with Crippen LogP contribution in [0.3, 0.4) is 0 Å². The normalized spacial score (nSPS) is 12.2. The van der Waals surface area contributed by atoms with E-state index in [1.54, 1.807) is 0 Å². The van der Waals surface area contributed by atoms with Gasteiger partial charge in [0.1, 0.15) is 13.2 Å². The summed E-state index contributed by atoms with van der Waals surface area (Å²) in [7, 11) is 0. The van der Waals surface area contributed by atoms with Gasteiger partial charge >= 0.3 is 17.9 Å². The average molecular weight is 1110 g/mol. The zero-order chi connectivity index (χ0) is 57.1. The van der Waals surface area contributed by atoms with Crippen molar-refractivity contribution in [1.29, 1.82) is 0 Å². The second-order valence-electron chi connectivity index (χ2n) is 24.2. The van der Waals surface area contributed by atoms with Crippen LogP contribution in [0.2, 0.25) is 0 Å². The molecule has 0 aromatic rings. The van der Waals surface area contributed by atoms with Crippen molar-refractivity contribution in [2.45, 2.75) is 399 Å². The number of carbonyl (C=O) groups is 3.